The summed E-state index contributed by atoms with van der Waals surface area (Å²) in [6.45, 7) is 6.40. The Hall–Kier alpha value is -2.08. The number of thioether (sulfide) groups is 1. The Morgan fingerprint density at radius 1 is 1.14 bits per heavy atom. The molecule has 11 heteroatoms. The highest BCUT2D eigenvalue weighted by atomic mass is 127. The van der Waals surface area contributed by atoms with Crippen LogP contribution in [0.3, 0.4) is 0 Å². The molecule has 0 fully saturated rings. The van der Waals surface area contributed by atoms with E-state index < -0.39 is 0 Å². The summed E-state index contributed by atoms with van der Waals surface area (Å²) in [5.41, 5.74) is 5.82. The Kier molecular flexibility index (Phi) is 10.4. The van der Waals surface area contributed by atoms with Gasteiger partial charge in [0.1, 0.15) is 6.61 Å². The number of nitrogens with zero attached hydrogens (tertiary/aromatic N) is 3. The Morgan fingerprint density at radius 2 is 1.89 bits per heavy atom. The highest BCUT2D eigenvalue weighted by Gasteiger charge is 2.13. The van der Waals surface area contributed by atoms with Crippen LogP contribution in [0.25, 0.3) is 0 Å². The van der Waals surface area contributed by atoms with E-state index in [0.29, 0.717) is 33.3 Å². The second-order valence-electron chi connectivity index (χ2n) is 7.30. The third kappa shape index (κ3) is 8.52. The molecule has 1 heterocycles. The summed E-state index contributed by atoms with van der Waals surface area (Å²) in [5.74, 6) is 1.07. The van der Waals surface area contributed by atoms with Gasteiger partial charge in [0.25, 0.3) is 5.91 Å². The molecule has 0 aliphatic rings. The average molecular weight is 645 g/mol. The second-order valence-corrected chi connectivity index (χ2v) is 10.3. The number of nitrogens with one attached hydrogen (secondary N) is 1. The van der Waals surface area contributed by atoms with E-state index in [1.165, 1.54) is 11.8 Å². The predicted octanol–water partition coefficient (Wildman–Crippen LogP) is 6.22. The smallest absolute Gasteiger partial charge is 0.250 e. The maximum atomic E-state index is 12.2. The Morgan fingerprint density at radius 3 is 2.57 bits per heavy atom. The normalized spacial score (nSPS) is 11.0. The molecule has 0 aliphatic carbocycles. The van der Waals surface area contributed by atoms with Gasteiger partial charge >= 0.3 is 0 Å². The highest BCUT2D eigenvalue weighted by molar-refractivity contribution is 14.1. The van der Waals surface area contributed by atoms with Gasteiger partial charge in [-0.15, -0.1) is 0 Å². The molecule has 0 unspecified atom stereocenters. The number of halogens is 3. The topological polar surface area (TPSA) is 85.7 Å². The highest BCUT2D eigenvalue weighted by Crippen LogP contribution is 2.35. The van der Waals surface area contributed by atoms with E-state index >= 15 is 0 Å². The lowest BCUT2D eigenvalue weighted by molar-refractivity contribution is -0.118. The first kappa shape index (κ1) is 27.5. The second kappa shape index (κ2) is 13.3. The number of aryl methyl sites for hydroxylation is 2. The zero-order valence-electron chi connectivity index (χ0n) is 19.3. The van der Waals surface area contributed by atoms with Crippen LogP contribution in [0.5, 0.6) is 11.5 Å². The molecule has 0 saturated carbocycles. The van der Waals surface area contributed by atoms with E-state index in [1.54, 1.807) is 24.4 Å². The Balaban J connectivity index is 1.63. The van der Waals surface area contributed by atoms with Gasteiger partial charge in [0.2, 0.25) is 0 Å². The number of carbonyl (C=O) groups is 1. The fourth-order valence-corrected chi connectivity index (χ4v) is 4.94. The lowest BCUT2D eigenvalue weighted by atomic mass is 10.2. The molecule has 3 aromatic rings. The molecule has 1 aromatic heterocycles. The number of ether oxygens (including phenoxy) is 2. The molecule has 7 nitrogen and oxygen atoms in total. The van der Waals surface area contributed by atoms with Gasteiger partial charge in [-0.05, 0) is 79.3 Å². The molecule has 1 N–H and O–H groups in total. The molecular formula is C24H23Cl2IN4O3S. The van der Waals surface area contributed by atoms with E-state index in [0.717, 1.165) is 26.1 Å². The number of hydrogen-bond donors (Lipinski definition) is 1. The minimum absolute atomic E-state index is 0.155. The number of carbonyl (C=O) groups excluding carboxylic acids is 1. The minimum Gasteiger partial charge on any atom is -0.490 e. The summed E-state index contributed by atoms with van der Waals surface area (Å²) in [7, 11) is 0. The maximum Gasteiger partial charge on any atom is 0.250 e. The third-order valence-electron chi connectivity index (χ3n) is 4.42. The van der Waals surface area contributed by atoms with E-state index in [2.05, 4.69) is 43.1 Å². The summed E-state index contributed by atoms with van der Waals surface area (Å²) in [4.78, 5) is 20.8. The van der Waals surface area contributed by atoms with Crippen LogP contribution in [-0.2, 0) is 11.4 Å². The lowest BCUT2D eigenvalue weighted by Gasteiger charge is -2.15. The fourth-order valence-electron chi connectivity index (χ4n) is 2.95. The van der Waals surface area contributed by atoms with Crippen LogP contribution in [0, 0.1) is 17.4 Å². The van der Waals surface area contributed by atoms with Crippen molar-refractivity contribution in [3.63, 3.8) is 0 Å². The van der Waals surface area contributed by atoms with Crippen molar-refractivity contribution in [2.45, 2.75) is 32.5 Å². The zero-order chi connectivity index (χ0) is 25.4. The number of aromatic nitrogens is 2. The van der Waals surface area contributed by atoms with Crippen LogP contribution in [-0.4, -0.2) is 34.4 Å². The van der Waals surface area contributed by atoms with Crippen molar-refractivity contribution in [1.29, 1.82) is 0 Å². The molecule has 3 rings (SSSR count). The molecule has 0 atom stereocenters. The van der Waals surface area contributed by atoms with Crippen molar-refractivity contribution in [2.75, 3.05) is 12.4 Å². The first-order valence-electron chi connectivity index (χ1n) is 10.5. The quantitative estimate of drug-likeness (QED) is 0.0927. The standard InChI is InChI=1S/C24H23Cl2IN4O3S/c1-4-33-21-9-16(8-20(27)23(21)34-12-17-5-6-18(25)10-19(17)26)11-28-31-22(32)13-35-24-29-14(2)7-15(3)30-24/h5-11H,4,12-13H2,1-3H3,(H,31,32)/b28-11-. The monoisotopic (exact) mass is 644 g/mol. The lowest BCUT2D eigenvalue weighted by Crippen LogP contribution is -2.19. The molecule has 35 heavy (non-hydrogen) atoms. The molecule has 2 aromatic carbocycles. The zero-order valence-corrected chi connectivity index (χ0v) is 23.8. The van der Waals surface area contributed by atoms with E-state index in [-0.39, 0.29) is 18.3 Å². The van der Waals surface area contributed by atoms with Gasteiger partial charge in [0.05, 0.1) is 22.1 Å². The number of rotatable bonds is 10. The SMILES string of the molecule is CCOc1cc(/C=N\NC(=O)CSc2nc(C)cc(C)n2)cc(I)c1OCc1ccc(Cl)cc1Cl. The van der Waals surface area contributed by atoms with Gasteiger partial charge in [-0.3, -0.25) is 4.79 Å². The summed E-state index contributed by atoms with van der Waals surface area (Å²) in [6.07, 6.45) is 1.56. The van der Waals surface area contributed by atoms with Crippen molar-refractivity contribution < 1.29 is 14.3 Å². The minimum atomic E-state index is -0.256. The van der Waals surface area contributed by atoms with Gasteiger partial charge in [-0.25, -0.2) is 15.4 Å². The van der Waals surface area contributed by atoms with Crippen LogP contribution >= 0.6 is 57.6 Å². The number of benzene rings is 2. The van der Waals surface area contributed by atoms with Crippen LogP contribution in [0.1, 0.15) is 29.4 Å². The Labute approximate surface area is 232 Å². The van der Waals surface area contributed by atoms with Crippen LogP contribution in [0.2, 0.25) is 10.0 Å². The molecule has 184 valence electrons. The molecular weight excluding hydrogens is 622 g/mol. The van der Waals surface area contributed by atoms with Crippen molar-refractivity contribution in [2.24, 2.45) is 5.10 Å². The van der Waals surface area contributed by atoms with Crippen molar-refractivity contribution in [1.82, 2.24) is 15.4 Å². The molecule has 0 radical (unpaired) electrons. The molecule has 1 amide bonds. The summed E-state index contributed by atoms with van der Waals surface area (Å²) in [5, 5.41) is 5.73. The van der Waals surface area contributed by atoms with Gasteiger partial charge in [-0.2, -0.15) is 5.10 Å². The van der Waals surface area contributed by atoms with Gasteiger partial charge in [0.15, 0.2) is 16.7 Å². The van der Waals surface area contributed by atoms with E-state index in [4.69, 9.17) is 32.7 Å². The summed E-state index contributed by atoms with van der Waals surface area (Å²) >= 11 is 15.7. The third-order valence-corrected chi connectivity index (χ3v) is 6.65. The van der Waals surface area contributed by atoms with Gasteiger partial charge < -0.3 is 9.47 Å². The first-order valence-corrected chi connectivity index (χ1v) is 13.4. The summed E-state index contributed by atoms with van der Waals surface area (Å²) in [6, 6.07) is 10.8. The summed E-state index contributed by atoms with van der Waals surface area (Å²) < 4.78 is 12.6. The largest absolute Gasteiger partial charge is 0.490 e. The van der Waals surface area contributed by atoms with Crippen LogP contribution in [0.15, 0.2) is 46.7 Å². The predicted molar refractivity (Wildman–Crippen MR) is 149 cm³/mol. The average Bonchev–Trinajstić information content (AvgIpc) is 2.78. The van der Waals surface area contributed by atoms with Crippen LogP contribution < -0.4 is 14.9 Å². The number of hydrogen-bond acceptors (Lipinski definition) is 7. The molecule has 0 aliphatic heterocycles. The van der Waals surface area contributed by atoms with Crippen molar-refractivity contribution in [3.05, 3.63) is 72.5 Å². The van der Waals surface area contributed by atoms with Crippen molar-refractivity contribution >= 4 is 69.7 Å². The molecule has 0 bridgehead atoms. The van der Waals surface area contributed by atoms with Gasteiger partial charge in [-0.1, -0.05) is 41.0 Å². The fraction of sp³-hybridized carbons (Fsp3) is 0.250. The van der Waals surface area contributed by atoms with E-state index in [1.807, 2.05) is 39.0 Å². The maximum absolute atomic E-state index is 12.2. The van der Waals surface area contributed by atoms with E-state index in [9.17, 15) is 4.79 Å². The van der Waals surface area contributed by atoms with Crippen LogP contribution in [0.4, 0.5) is 0 Å². The Bertz CT molecular complexity index is 1220. The number of hydrazone groups is 1. The van der Waals surface area contributed by atoms with Crippen molar-refractivity contribution in [3.8, 4) is 11.5 Å². The molecule has 0 spiro atoms. The van der Waals surface area contributed by atoms with Gasteiger partial charge in [0, 0.05) is 27.0 Å². The molecule has 0 saturated heterocycles. The first-order chi connectivity index (χ1) is 16.7. The number of amides is 1.